The van der Waals surface area contributed by atoms with Crippen LogP contribution in [0.4, 0.5) is 0 Å². The summed E-state index contributed by atoms with van der Waals surface area (Å²) in [5.74, 6) is 0.948. The van der Waals surface area contributed by atoms with Crippen molar-refractivity contribution in [1.29, 1.82) is 0 Å². The zero-order chi connectivity index (χ0) is 10.4. The molecule has 82 valence electrons. The molecule has 1 N–H and O–H groups in total. The molecular formula is C12H24N2. The van der Waals surface area contributed by atoms with Gasteiger partial charge < -0.3 is 5.32 Å². The molecule has 0 bridgehead atoms. The van der Waals surface area contributed by atoms with Gasteiger partial charge in [0, 0.05) is 6.54 Å². The van der Waals surface area contributed by atoms with Gasteiger partial charge in [-0.25, -0.2) is 0 Å². The fourth-order valence-electron chi connectivity index (χ4n) is 2.16. The Kier molecular flexibility index (Phi) is 5.20. The summed E-state index contributed by atoms with van der Waals surface area (Å²) >= 11 is 0. The fourth-order valence-corrected chi connectivity index (χ4v) is 2.16. The van der Waals surface area contributed by atoms with Gasteiger partial charge in [-0.3, -0.25) is 4.90 Å². The van der Waals surface area contributed by atoms with Crippen molar-refractivity contribution in [2.45, 2.75) is 26.2 Å². The second-order valence-corrected chi connectivity index (χ2v) is 4.57. The van der Waals surface area contributed by atoms with Crippen LogP contribution in [-0.2, 0) is 0 Å². The van der Waals surface area contributed by atoms with E-state index >= 15 is 0 Å². The van der Waals surface area contributed by atoms with Crippen molar-refractivity contribution < 1.29 is 0 Å². The van der Waals surface area contributed by atoms with Crippen LogP contribution in [0.3, 0.4) is 0 Å². The molecule has 0 atom stereocenters. The van der Waals surface area contributed by atoms with Gasteiger partial charge in [-0.15, -0.1) is 0 Å². The minimum Gasteiger partial charge on any atom is -0.320 e. The van der Waals surface area contributed by atoms with E-state index in [0.717, 1.165) is 12.5 Å². The molecule has 14 heavy (non-hydrogen) atoms. The van der Waals surface area contributed by atoms with Gasteiger partial charge in [0.05, 0.1) is 0 Å². The van der Waals surface area contributed by atoms with Gasteiger partial charge in [0.1, 0.15) is 0 Å². The van der Waals surface area contributed by atoms with Crippen molar-refractivity contribution in [3.05, 3.63) is 12.2 Å². The summed E-state index contributed by atoms with van der Waals surface area (Å²) in [6.07, 6.45) is 4.08. The Balaban J connectivity index is 2.14. The minimum atomic E-state index is 0.948. The molecule has 0 aromatic carbocycles. The zero-order valence-electron chi connectivity index (χ0n) is 9.68. The standard InChI is InChI=1S/C12H24N2/c1-11(2)10-14-8-5-12(6-9-14)4-7-13-3/h12-13H,1,4-10H2,2-3H3. The summed E-state index contributed by atoms with van der Waals surface area (Å²) in [6, 6.07) is 0. The summed E-state index contributed by atoms with van der Waals surface area (Å²) in [5.41, 5.74) is 1.29. The van der Waals surface area contributed by atoms with Crippen LogP contribution in [0.2, 0.25) is 0 Å². The van der Waals surface area contributed by atoms with Crippen LogP contribution in [-0.4, -0.2) is 38.1 Å². The van der Waals surface area contributed by atoms with Gasteiger partial charge in [-0.1, -0.05) is 12.2 Å². The molecule has 0 spiro atoms. The van der Waals surface area contributed by atoms with Crippen molar-refractivity contribution in [2.75, 3.05) is 33.2 Å². The molecule has 0 aromatic rings. The van der Waals surface area contributed by atoms with Gasteiger partial charge in [-0.2, -0.15) is 0 Å². The Labute approximate surface area is 88.4 Å². The summed E-state index contributed by atoms with van der Waals surface area (Å²) in [7, 11) is 2.04. The van der Waals surface area contributed by atoms with Crippen LogP contribution in [0.15, 0.2) is 12.2 Å². The lowest BCUT2D eigenvalue weighted by Crippen LogP contribution is -2.35. The number of nitrogens with zero attached hydrogens (tertiary/aromatic N) is 1. The van der Waals surface area contributed by atoms with E-state index < -0.39 is 0 Å². The molecule has 2 nitrogen and oxygen atoms in total. The van der Waals surface area contributed by atoms with Gasteiger partial charge in [0.25, 0.3) is 0 Å². The normalized spacial score (nSPS) is 19.9. The molecule has 2 heteroatoms. The zero-order valence-corrected chi connectivity index (χ0v) is 9.68. The Hall–Kier alpha value is -0.340. The van der Waals surface area contributed by atoms with Crippen molar-refractivity contribution >= 4 is 0 Å². The average Bonchev–Trinajstić information content (AvgIpc) is 2.16. The third-order valence-corrected chi connectivity index (χ3v) is 3.00. The van der Waals surface area contributed by atoms with Crippen molar-refractivity contribution in [3.8, 4) is 0 Å². The molecule has 1 saturated heterocycles. The Morgan fingerprint density at radius 3 is 2.57 bits per heavy atom. The van der Waals surface area contributed by atoms with Gasteiger partial charge in [0.2, 0.25) is 0 Å². The number of nitrogens with one attached hydrogen (secondary N) is 1. The Bertz CT molecular complexity index is 169. The monoisotopic (exact) mass is 196 g/mol. The van der Waals surface area contributed by atoms with E-state index in [2.05, 4.69) is 23.7 Å². The van der Waals surface area contributed by atoms with E-state index in [1.165, 1.54) is 44.5 Å². The van der Waals surface area contributed by atoms with Gasteiger partial charge in [-0.05, 0) is 58.8 Å². The second-order valence-electron chi connectivity index (χ2n) is 4.57. The summed E-state index contributed by atoms with van der Waals surface area (Å²) in [6.45, 7) is 10.9. The van der Waals surface area contributed by atoms with E-state index in [4.69, 9.17) is 0 Å². The highest BCUT2D eigenvalue weighted by Gasteiger charge is 2.18. The Morgan fingerprint density at radius 1 is 1.43 bits per heavy atom. The molecule has 1 aliphatic heterocycles. The maximum atomic E-state index is 3.97. The van der Waals surface area contributed by atoms with Crippen molar-refractivity contribution in [3.63, 3.8) is 0 Å². The highest BCUT2D eigenvalue weighted by Crippen LogP contribution is 2.20. The quantitative estimate of drug-likeness (QED) is 0.675. The second kappa shape index (κ2) is 6.20. The summed E-state index contributed by atoms with van der Waals surface area (Å²) < 4.78 is 0. The Morgan fingerprint density at radius 2 is 2.07 bits per heavy atom. The van der Waals surface area contributed by atoms with E-state index in [1.807, 2.05) is 7.05 Å². The number of hydrogen-bond acceptors (Lipinski definition) is 2. The fraction of sp³-hybridized carbons (Fsp3) is 0.833. The maximum absolute atomic E-state index is 3.97. The summed E-state index contributed by atoms with van der Waals surface area (Å²) in [5, 5.41) is 3.23. The van der Waals surface area contributed by atoms with E-state index in [1.54, 1.807) is 0 Å². The van der Waals surface area contributed by atoms with Crippen LogP contribution >= 0.6 is 0 Å². The predicted octanol–water partition coefficient (Wildman–Crippen LogP) is 1.88. The lowest BCUT2D eigenvalue weighted by atomic mass is 9.93. The van der Waals surface area contributed by atoms with Crippen LogP contribution < -0.4 is 5.32 Å². The number of rotatable bonds is 5. The smallest absolute Gasteiger partial charge is 0.0187 e. The van der Waals surface area contributed by atoms with E-state index in [9.17, 15) is 0 Å². The molecular weight excluding hydrogens is 172 g/mol. The largest absolute Gasteiger partial charge is 0.320 e. The number of hydrogen-bond donors (Lipinski definition) is 1. The first-order valence-electron chi connectivity index (χ1n) is 5.73. The molecule has 0 radical (unpaired) electrons. The van der Waals surface area contributed by atoms with Gasteiger partial charge >= 0.3 is 0 Å². The molecule has 0 saturated carbocycles. The molecule has 0 amide bonds. The van der Waals surface area contributed by atoms with Crippen LogP contribution in [0.25, 0.3) is 0 Å². The molecule has 1 rings (SSSR count). The van der Waals surface area contributed by atoms with E-state index in [-0.39, 0.29) is 0 Å². The number of piperidine rings is 1. The van der Waals surface area contributed by atoms with Gasteiger partial charge in [0.15, 0.2) is 0 Å². The molecule has 1 heterocycles. The first-order valence-corrected chi connectivity index (χ1v) is 5.73. The number of likely N-dealkylation sites (tertiary alicyclic amines) is 1. The average molecular weight is 196 g/mol. The van der Waals surface area contributed by atoms with E-state index in [0.29, 0.717) is 0 Å². The molecule has 1 fully saturated rings. The summed E-state index contributed by atoms with van der Waals surface area (Å²) in [4.78, 5) is 2.53. The first kappa shape index (κ1) is 11.7. The highest BCUT2D eigenvalue weighted by atomic mass is 15.1. The molecule has 0 unspecified atom stereocenters. The molecule has 0 aliphatic carbocycles. The SMILES string of the molecule is C=C(C)CN1CCC(CCNC)CC1. The molecule has 0 aromatic heterocycles. The maximum Gasteiger partial charge on any atom is 0.0187 e. The lowest BCUT2D eigenvalue weighted by Gasteiger charge is -2.32. The lowest BCUT2D eigenvalue weighted by molar-refractivity contribution is 0.191. The van der Waals surface area contributed by atoms with Crippen molar-refractivity contribution in [2.24, 2.45) is 5.92 Å². The third-order valence-electron chi connectivity index (χ3n) is 3.00. The van der Waals surface area contributed by atoms with Crippen LogP contribution in [0.1, 0.15) is 26.2 Å². The van der Waals surface area contributed by atoms with Crippen LogP contribution in [0, 0.1) is 5.92 Å². The predicted molar refractivity (Wildman–Crippen MR) is 62.5 cm³/mol. The van der Waals surface area contributed by atoms with Crippen molar-refractivity contribution in [1.82, 2.24) is 10.2 Å². The highest BCUT2D eigenvalue weighted by molar-refractivity contribution is 4.92. The first-order chi connectivity index (χ1) is 6.72. The minimum absolute atomic E-state index is 0.948. The molecule has 1 aliphatic rings. The topological polar surface area (TPSA) is 15.3 Å². The van der Waals surface area contributed by atoms with Crippen LogP contribution in [0.5, 0.6) is 0 Å². The third kappa shape index (κ3) is 4.25.